The predicted octanol–water partition coefficient (Wildman–Crippen LogP) is 0.173. The summed E-state index contributed by atoms with van der Waals surface area (Å²) in [5, 5.41) is 3.78. The van der Waals surface area contributed by atoms with E-state index in [-0.39, 0.29) is 0 Å². The van der Waals surface area contributed by atoms with Crippen LogP contribution in [0.3, 0.4) is 0 Å². The fourth-order valence-corrected chi connectivity index (χ4v) is 1.16. The number of hydrogen-bond donors (Lipinski definition) is 1. The van der Waals surface area contributed by atoms with Gasteiger partial charge in [0.15, 0.2) is 0 Å². The molecule has 0 spiro atoms. The van der Waals surface area contributed by atoms with Gasteiger partial charge in [-0.2, -0.15) is 4.98 Å². The van der Waals surface area contributed by atoms with E-state index >= 15 is 0 Å². The normalized spacial score (nSPS) is 12.6. The summed E-state index contributed by atoms with van der Waals surface area (Å²) in [5.74, 6) is 0.722. The molecule has 7 heteroatoms. The van der Waals surface area contributed by atoms with Crippen molar-refractivity contribution < 1.29 is 9.26 Å². The number of methoxy groups -OCH3 is 1. The third-order valence-corrected chi connectivity index (χ3v) is 1.92. The first kappa shape index (κ1) is 10.7. The van der Waals surface area contributed by atoms with E-state index in [9.17, 15) is 0 Å². The van der Waals surface area contributed by atoms with Crippen LogP contribution in [0, 0.1) is 0 Å². The molecule has 2 aromatic rings. The average Bonchev–Trinajstić information content (AvgIpc) is 2.80. The van der Waals surface area contributed by atoms with Crippen molar-refractivity contribution in [1.29, 1.82) is 0 Å². The van der Waals surface area contributed by atoms with Crippen LogP contribution in [-0.4, -0.2) is 33.8 Å². The third-order valence-electron chi connectivity index (χ3n) is 1.92. The molecule has 0 fully saturated rings. The minimum Gasteiger partial charge on any atom is -0.383 e. The lowest BCUT2D eigenvalue weighted by Crippen LogP contribution is -2.16. The van der Waals surface area contributed by atoms with Crippen LogP contribution in [0.1, 0.15) is 11.9 Å². The van der Waals surface area contributed by atoms with Gasteiger partial charge >= 0.3 is 0 Å². The first-order chi connectivity index (χ1) is 7.81. The van der Waals surface area contributed by atoms with Crippen LogP contribution in [0.25, 0.3) is 11.5 Å². The number of aromatic nitrogens is 4. The zero-order chi connectivity index (χ0) is 11.4. The molecule has 2 N–H and O–H groups in total. The Morgan fingerprint density at radius 2 is 2.44 bits per heavy atom. The molecule has 0 bridgehead atoms. The largest absolute Gasteiger partial charge is 0.383 e. The summed E-state index contributed by atoms with van der Waals surface area (Å²) in [6.45, 7) is 0.325. The van der Waals surface area contributed by atoms with E-state index in [0.29, 0.717) is 24.0 Å². The minimum absolute atomic E-state index is 0.325. The maximum atomic E-state index is 5.74. The fraction of sp³-hybridized carbons (Fsp3) is 0.333. The fourth-order valence-electron chi connectivity index (χ4n) is 1.16. The highest BCUT2D eigenvalue weighted by Gasteiger charge is 2.15. The van der Waals surface area contributed by atoms with Gasteiger partial charge in [0.2, 0.25) is 11.7 Å². The standard InChI is InChI=1S/C9H11N5O2/c1-15-4-6(10)9-13-8(14-16-9)7-2-3-11-5-12-7/h2-3,5-6H,4,10H2,1H3. The Hall–Kier alpha value is -1.86. The Morgan fingerprint density at radius 3 is 3.12 bits per heavy atom. The minimum atomic E-state index is -0.423. The molecule has 1 atom stereocenters. The second kappa shape index (κ2) is 4.77. The molecule has 7 nitrogen and oxygen atoms in total. The van der Waals surface area contributed by atoms with Gasteiger partial charge in [0.25, 0.3) is 0 Å². The lowest BCUT2D eigenvalue weighted by Gasteiger charge is -2.02. The second-order valence-corrected chi connectivity index (χ2v) is 3.11. The van der Waals surface area contributed by atoms with Gasteiger partial charge in [-0.1, -0.05) is 5.16 Å². The van der Waals surface area contributed by atoms with Crippen LogP contribution in [0.15, 0.2) is 23.1 Å². The molecule has 0 aromatic carbocycles. The van der Waals surface area contributed by atoms with E-state index < -0.39 is 6.04 Å². The van der Waals surface area contributed by atoms with Crippen molar-refractivity contribution in [1.82, 2.24) is 20.1 Å². The second-order valence-electron chi connectivity index (χ2n) is 3.11. The molecule has 0 aliphatic carbocycles. The van der Waals surface area contributed by atoms with E-state index in [4.69, 9.17) is 15.0 Å². The highest BCUT2D eigenvalue weighted by Crippen LogP contribution is 2.14. The van der Waals surface area contributed by atoms with Crippen molar-refractivity contribution in [3.63, 3.8) is 0 Å². The molecular weight excluding hydrogens is 210 g/mol. The Balaban J connectivity index is 2.20. The van der Waals surface area contributed by atoms with Gasteiger partial charge in [0.1, 0.15) is 18.1 Å². The lowest BCUT2D eigenvalue weighted by atomic mass is 10.3. The summed E-state index contributed by atoms with van der Waals surface area (Å²) >= 11 is 0. The number of nitrogens with two attached hydrogens (primary N) is 1. The first-order valence-corrected chi connectivity index (χ1v) is 4.65. The number of nitrogens with zero attached hydrogens (tertiary/aromatic N) is 4. The summed E-state index contributed by atoms with van der Waals surface area (Å²) in [6.07, 6.45) is 3.02. The van der Waals surface area contributed by atoms with Crippen molar-refractivity contribution in [2.75, 3.05) is 13.7 Å². The van der Waals surface area contributed by atoms with Gasteiger partial charge < -0.3 is 15.0 Å². The zero-order valence-electron chi connectivity index (χ0n) is 8.70. The summed E-state index contributed by atoms with van der Waals surface area (Å²) in [7, 11) is 1.56. The monoisotopic (exact) mass is 221 g/mol. The molecule has 16 heavy (non-hydrogen) atoms. The Labute approximate surface area is 91.7 Å². The van der Waals surface area contributed by atoms with Crippen molar-refractivity contribution in [3.05, 3.63) is 24.5 Å². The number of hydrogen-bond acceptors (Lipinski definition) is 7. The molecule has 1 unspecified atom stereocenters. The molecule has 0 amide bonds. The Kier molecular flexibility index (Phi) is 3.18. The van der Waals surface area contributed by atoms with Crippen molar-refractivity contribution >= 4 is 0 Å². The molecule has 2 heterocycles. The highest BCUT2D eigenvalue weighted by molar-refractivity contribution is 5.46. The quantitative estimate of drug-likeness (QED) is 0.785. The summed E-state index contributed by atoms with van der Waals surface area (Å²) in [5.41, 5.74) is 6.34. The molecule has 0 saturated carbocycles. The van der Waals surface area contributed by atoms with Crippen molar-refractivity contribution in [2.24, 2.45) is 5.73 Å². The molecular formula is C9H11N5O2. The van der Waals surface area contributed by atoms with E-state index in [1.54, 1.807) is 19.4 Å². The average molecular weight is 221 g/mol. The van der Waals surface area contributed by atoms with Crippen LogP contribution in [0.5, 0.6) is 0 Å². The van der Waals surface area contributed by atoms with Crippen LogP contribution < -0.4 is 5.73 Å². The molecule has 2 rings (SSSR count). The van der Waals surface area contributed by atoms with E-state index in [2.05, 4.69) is 20.1 Å². The molecule has 0 aliphatic rings. The molecule has 0 aliphatic heterocycles. The summed E-state index contributed by atoms with van der Waals surface area (Å²) < 4.78 is 9.90. The van der Waals surface area contributed by atoms with E-state index in [1.807, 2.05) is 0 Å². The molecule has 0 radical (unpaired) electrons. The third kappa shape index (κ3) is 2.20. The topological polar surface area (TPSA) is 100.0 Å². The van der Waals surface area contributed by atoms with Crippen LogP contribution >= 0.6 is 0 Å². The van der Waals surface area contributed by atoms with Gasteiger partial charge in [0, 0.05) is 13.3 Å². The molecule has 84 valence electrons. The van der Waals surface area contributed by atoms with Crippen molar-refractivity contribution in [2.45, 2.75) is 6.04 Å². The number of rotatable bonds is 4. The van der Waals surface area contributed by atoms with E-state index in [1.165, 1.54) is 6.33 Å². The Bertz CT molecular complexity index is 444. The van der Waals surface area contributed by atoms with Crippen LogP contribution in [0.2, 0.25) is 0 Å². The van der Waals surface area contributed by atoms with Gasteiger partial charge in [0.05, 0.1) is 6.61 Å². The zero-order valence-corrected chi connectivity index (χ0v) is 8.70. The first-order valence-electron chi connectivity index (χ1n) is 4.65. The lowest BCUT2D eigenvalue weighted by molar-refractivity contribution is 0.166. The SMILES string of the molecule is COCC(N)c1nc(-c2ccncn2)no1. The summed E-state index contributed by atoms with van der Waals surface area (Å²) in [4.78, 5) is 11.9. The Morgan fingerprint density at radius 1 is 1.56 bits per heavy atom. The van der Waals surface area contributed by atoms with Gasteiger partial charge in [-0.3, -0.25) is 0 Å². The number of ether oxygens (including phenoxy) is 1. The molecule has 2 aromatic heterocycles. The highest BCUT2D eigenvalue weighted by atomic mass is 16.5. The predicted molar refractivity (Wildman–Crippen MR) is 54.1 cm³/mol. The van der Waals surface area contributed by atoms with E-state index in [0.717, 1.165) is 0 Å². The van der Waals surface area contributed by atoms with Crippen LogP contribution in [-0.2, 0) is 4.74 Å². The van der Waals surface area contributed by atoms with Gasteiger partial charge in [-0.05, 0) is 6.07 Å². The maximum absolute atomic E-state index is 5.74. The summed E-state index contributed by atoms with van der Waals surface area (Å²) in [6, 6.07) is 1.27. The maximum Gasteiger partial charge on any atom is 0.246 e. The van der Waals surface area contributed by atoms with Gasteiger partial charge in [-0.25, -0.2) is 9.97 Å². The van der Waals surface area contributed by atoms with Crippen LogP contribution in [0.4, 0.5) is 0 Å². The smallest absolute Gasteiger partial charge is 0.246 e. The van der Waals surface area contributed by atoms with Gasteiger partial charge in [-0.15, -0.1) is 0 Å². The molecule has 0 saturated heterocycles. The van der Waals surface area contributed by atoms with Crippen molar-refractivity contribution in [3.8, 4) is 11.5 Å².